The number of Topliss-reactive ketones (excluding diaryl/α,β-unsaturated/α-hetero) is 1. The predicted octanol–water partition coefficient (Wildman–Crippen LogP) is 1.76. The van der Waals surface area contributed by atoms with Crippen LogP contribution in [-0.2, 0) is 11.2 Å². The zero-order chi connectivity index (χ0) is 15.2. The minimum absolute atomic E-state index is 0.351. The first kappa shape index (κ1) is 15.4. The molecule has 0 saturated carbocycles. The third kappa shape index (κ3) is 4.26. The summed E-state index contributed by atoms with van der Waals surface area (Å²) < 4.78 is 0. The molecule has 1 aliphatic rings. The summed E-state index contributed by atoms with van der Waals surface area (Å²) in [5.74, 6) is -0.469. The standard InChI is InChI=1S/C17H22N2O2/c1-14(19-11-9-18(2)10-12-19)3-4-15-5-7-16(8-6-15)17(21)13-20/h5-8,13H,1,3-4,9-12H2,2H3. The predicted molar refractivity (Wildman–Crippen MR) is 83.4 cm³/mol. The summed E-state index contributed by atoms with van der Waals surface area (Å²) in [5.41, 5.74) is 2.79. The quantitative estimate of drug-likeness (QED) is 0.454. The van der Waals surface area contributed by atoms with Crippen molar-refractivity contribution in [2.45, 2.75) is 12.8 Å². The third-order valence-corrected chi connectivity index (χ3v) is 4.00. The average molecular weight is 286 g/mol. The number of allylic oxidation sites excluding steroid dienone is 1. The molecule has 0 N–H and O–H groups in total. The van der Waals surface area contributed by atoms with E-state index < -0.39 is 5.78 Å². The van der Waals surface area contributed by atoms with Gasteiger partial charge in [0.2, 0.25) is 5.78 Å². The minimum atomic E-state index is -0.469. The Morgan fingerprint density at radius 3 is 2.38 bits per heavy atom. The Hall–Kier alpha value is -1.94. The molecule has 1 aliphatic heterocycles. The molecule has 0 bridgehead atoms. The molecule has 0 aromatic heterocycles. The van der Waals surface area contributed by atoms with Gasteiger partial charge in [0.1, 0.15) is 0 Å². The summed E-state index contributed by atoms with van der Waals surface area (Å²) >= 11 is 0. The molecule has 0 radical (unpaired) electrons. The maximum Gasteiger partial charge on any atom is 0.225 e. The number of piperazine rings is 1. The molecule has 1 aromatic rings. The van der Waals surface area contributed by atoms with Crippen molar-refractivity contribution in [3.8, 4) is 0 Å². The molecule has 1 fully saturated rings. The van der Waals surface area contributed by atoms with Gasteiger partial charge in [0, 0.05) is 37.4 Å². The highest BCUT2D eigenvalue weighted by Crippen LogP contribution is 2.14. The van der Waals surface area contributed by atoms with Gasteiger partial charge in [0.05, 0.1) is 0 Å². The Bertz CT molecular complexity index is 514. The molecule has 112 valence electrons. The van der Waals surface area contributed by atoms with Crippen LogP contribution in [0.15, 0.2) is 36.5 Å². The molecule has 0 unspecified atom stereocenters. The molecular formula is C17H22N2O2. The van der Waals surface area contributed by atoms with Gasteiger partial charge in [0.25, 0.3) is 0 Å². The zero-order valence-corrected chi connectivity index (χ0v) is 12.5. The lowest BCUT2D eigenvalue weighted by atomic mass is 10.0. The van der Waals surface area contributed by atoms with Crippen molar-refractivity contribution in [1.82, 2.24) is 9.80 Å². The molecule has 0 amide bonds. The number of likely N-dealkylation sites (N-methyl/N-ethyl adjacent to an activating group) is 1. The van der Waals surface area contributed by atoms with Crippen LogP contribution >= 0.6 is 0 Å². The largest absolute Gasteiger partial charge is 0.373 e. The lowest BCUT2D eigenvalue weighted by molar-refractivity contribution is -0.104. The number of nitrogens with zero attached hydrogens (tertiary/aromatic N) is 2. The highest BCUT2D eigenvalue weighted by Gasteiger charge is 2.14. The Kier molecular flexibility index (Phi) is 5.28. The van der Waals surface area contributed by atoms with Gasteiger partial charge in [-0.1, -0.05) is 30.8 Å². The smallest absolute Gasteiger partial charge is 0.225 e. The number of rotatable bonds is 6. The van der Waals surface area contributed by atoms with Gasteiger partial charge >= 0.3 is 0 Å². The van der Waals surface area contributed by atoms with Crippen LogP contribution in [0.5, 0.6) is 0 Å². The highest BCUT2D eigenvalue weighted by molar-refractivity contribution is 6.33. The lowest BCUT2D eigenvalue weighted by Gasteiger charge is -2.35. The molecule has 1 aromatic carbocycles. The number of hydrogen-bond donors (Lipinski definition) is 0. The van der Waals surface area contributed by atoms with Crippen LogP contribution < -0.4 is 0 Å². The van der Waals surface area contributed by atoms with E-state index in [-0.39, 0.29) is 0 Å². The van der Waals surface area contributed by atoms with Crippen LogP contribution in [-0.4, -0.2) is 55.1 Å². The van der Waals surface area contributed by atoms with E-state index in [1.807, 2.05) is 12.1 Å². The number of carbonyl (C=O) groups is 2. The summed E-state index contributed by atoms with van der Waals surface area (Å²) in [6.45, 7) is 8.44. The fraction of sp³-hybridized carbons (Fsp3) is 0.412. The van der Waals surface area contributed by atoms with Crippen LogP contribution in [0.4, 0.5) is 0 Å². The van der Waals surface area contributed by atoms with Gasteiger partial charge in [-0.2, -0.15) is 0 Å². The first-order chi connectivity index (χ1) is 10.1. The monoisotopic (exact) mass is 286 g/mol. The number of aryl methyl sites for hydroxylation is 1. The van der Waals surface area contributed by atoms with Crippen LogP contribution in [0.2, 0.25) is 0 Å². The molecule has 4 heteroatoms. The van der Waals surface area contributed by atoms with E-state index >= 15 is 0 Å². The molecule has 4 nitrogen and oxygen atoms in total. The van der Waals surface area contributed by atoms with E-state index in [4.69, 9.17) is 0 Å². The number of carbonyl (C=O) groups excluding carboxylic acids is 2. The van der Waals surface area contributed by atoms with Gasteiger partial charge in [-0.3, -0.25) is 9.59 Å². The van der Waals surface area contributed by atoms with Crippen LogP contribution in [0, 0.1) is 0 Å². The maximum absolute atomic E-state index is 11.2. The maximum atomic E-state index is 11.2. The van der Waals surface area contributed by atoms with Crippen LogP contribution in [0.25, 0.3) is 0 Å². The van der Waals surface area contributed by atoms with Gasteiger partial charge < -0.3 is 9.80 Å². The molecule has 21 heavy (non-hydrogen) atoms. The SMILES string of the molecule is C=C(CCc1ccc(C(=O)C=O)cc1)N1CCN(C)CC1. The molecule has 0 atom stereocenters. The molecule has 0 spiro atoms. The van der Waals surface area contributed by atoms with E-state index in [0.29, 0.717) is 11.8 Å². The molecule has 1 saturated heterocycles. The Balaban J connectivity index is 1.83. The summed E-state index contributed by atoms with van der Waals surface area (Å²) in [4.78, 5) is 26.3. The van der Waals surface area contributed by atoms with E-state index in [9.17, 15) is 9.59 Å². The summed E-state index contributed by atoms with van der Waals surface area (Å²) in [6, 6.07) is 7.25. The Morgan fingerprint density at radius 2 is 1.81 bits per heavy atom. The van der Waals surface area contributed by atoms with Crippen LogP contribution in [0.1, 0.15) is 22.3 Å². The van der Waals surface area contributed by atoms with Crippen LogP contribution in [0.3, 0.4) is 0 Å². The first-order valence-electron chi connectivity index (χ1n) is 7.30. The fourth-order valence-electron chi connectivity index (χ4n) is 2.47. The third-order valence-electron chi connectivity index (χ3n) is 4.00. The van der Waals surface area contributed by atoms with Crippen molar-refractivity contribution in [3.63, 3.8) is 0 Å². The highest BCUT2D eigenvalue weighted by atomic mass is 16.2. The van der Waals surface area contributed by atoms with Crippen molar-refractivity contribution in [2.75, 3.05) is 33.2 Å². The first-order valence-corrected chi connectivity index (χ1v) is 7.30. The van der Waals surface area contributed by atoms with Crippen molar-refractivity contribution < 1.29 is 9.59 Å². The number of hydrogen-bond acceptors (Lipinski definition) is 4. The summed E-state index contributed by atoms with van der Waals surface area (Å²) in [5, 5.41) is 0. The topological polar surface area (TPSA) is 40.6 Å². The van der Waals surface area contributed by atoms with E-state index in [0.717, 1.165) is 44.6 Å². The average Bonchev–Trinajstić information content (AvgIpc) is 2.53. The molecule has 2 rings (SSSR count). The van der Waals surface area contributed by atoms with E-state index in [1.54, 1.807) is 12.1 Å². The Labute approximate surface area is 126 Å². The fourth-order valence-corrected chi connectivity index (χ4v) is 2.47. The molecular weight excluding hydrogens is 264 g/mol. The second-order valence-corrected chi connectivity index (χ2v) is 5.54. The van der Waals surface area contributed by atoms with E-state index in [2.05, 4.69) is 23.4 Å². The normalized spacial score (nSPS) is 15.8. The van der Waals surface area contributed by atoms with Crippen molar-refractivity contribution in [1.29, 1.82) is 0 Å². The van der Waals surface area contributed by atoms with Gasteiger partial charge in [-0.25, -0.2) is 0 Å². The van der Waals surface area contributed by atoms with Gasteiger partial charge in [-0.15, -0.1) is 0 Å². The lowest BCUT2D eigenvalue weighted by Crippen LogP contribution is -2.43. The second-order valence-electron chi connectivity index (χ2n) is 5.54. The number of benzene rings is 1. The summed E-state index contributed by atoms with van der Waals surface area (Å²) in [6.07, 6.45) is 2.18. The number of ketones is 1. The molecule has 1 heterocycles. The van der Waals surface area contributed by atoms with E-state index in [1.165, 1.54) is 5.70 Å². The minimum Gasteiger partial charge on any atom is -0.373 e. The zero-order valence-electron chi connectivity index (χ0n) is 12.5. The number of aldehydes is 1. The molecule has 0 aliphatic carbocycles. The second kappa shape index (κ2) is 7.18. The van der Waals surface area contributed by atoms with Crippen molar-refractivity contribution >= 4 is 12.1 Å². The Morgan fingerprint density at radius 1 is 1.19 bits per heavy atom. The summed E-state index contributed by atoms with van der Waals surface area (Å²) in [7, 11) is 2.14. The van der Waals surface area contributed by atoms with Gasteiger partial charge in [0.15, 0.2) is 6.29 Å². The van der Waals surface area contributed by atoms with Crippen molar-refractivity contribution in [2.24, 2.45) is 0 Å². The van der Waals surface area contributed by atoms with Gasteiger partial charge in [-0.05, 0) is 25.5 Å². The van der Waals surface area contributed by atoms with Crippen molar-refractivity contribution in [3.05, 3.63) is 47.7 Å².